The maximum atomic E-state index is 3.55. The van der Waals surface area contributed by atoms with Crippen LogP contribution < -0.4 is 0 Å². The fraction of sp³-hybridized carbons (Fsp3) is 0.200. The van der Waals surface area contributed by atoms with Crippen molar-refractivity contribution in [3.05, 3.63) is 33.6 Å². The minimum absolute atomic E-state index is 1.13. The van der Waals surface area contributed by atoms with Gasteiger partial charge in [0.15, 0.2) is 0 Å². The molecule has 0 unspecified atom stereocenters. The zero-order valence-electron chi connectivity index (χ0n) is 6.80. The summed E-state index contributed by atoms with van der Waals surface area (Å²) in [6.07, 6.45) is 1.13. The molecule has 1 aromatic heterocycles. The highest BCUT2D eigenvalue weighted by Crippen LogP contribution is 2.31. The van der Waals surface area contributed by atoms with Crippen molar-refractivity contribution < 1.29 is 0 Å². The van der Waals surface area contributed by atoms with Crippen molar-refractivity contribution in [2.45, 2.75) is 13.3 Å². The van der Waals surface area contributed by atoms with Crippen molar-refractivity contribution in [2.75, 3.05) is 0 Å². The lowest BCUT2D eigenvalue weighted by atomic mass is 10.2. The van der Waals surface area contributed by atoms with Gasteiger partial charge in [0, 0.05) is 14.0 Å². The van der Waals surface area contributed by atoms with Crippen molar-refractivity contribution >= 4 is 37.4 Å². The molecule has 0 saturated carbocycles. The number of fused-ring (bicyclic) bond motifs is 1. The van der Waals surface area contributed by atoms with E-state index in [9.17, 15) is 0 Å². The van der Waals surface area contributed by atoms with Gasteiger partial charge in [-0.2, -0.15) is 0 Å². The van der Waals surface area contributed by atoms with E-state index in [-0.39, 0.29) is 0 Å². The zero-order chi connectivity index (χ0) is 8.55. The van der Waals surface area contributed by atoms with E-state index < -0.39 is 0 Å². The number of thiophene rings is 1. The zero-order valence-corrected chi connectivity index (χ0v) is 9.21. The molecule has 0 atom stereocenters. The number of benzene rings is 1. The van der Waals surface area contributed by atoms with Crippen LogP contribution in [0.1, 0.15) is 11.8 Å². The van der Waals surface area contributed by atoms with E-state index in [0.717, 1.165) is 6.42 Å². The highest BCUT2D eigenvalue weighted by atomic mass is 79.9. The van der Waals surface area contributed by atoms with Gasteiger partial charge in [-0.3, -0.25) is 0 Å². The number of halogens is 1. The van der Waals surface area contributed by atoms with Crippen LogP contribution in [0.3, 0.4) is 0 Å². The highest BCUT2D eigenvalue weighted by Gasteiger charge is 2.01. The first kappa shape index (κ1) is 8.27. The van der Waals surface area contributed by atoms with Crippen molar-refractivity contribution in [3.63, 3.8) is 0 Å². The second kappa shape index (κ2) is 3.19. The fourth-order valence-electron chi connectivity index (χ4n) is 1.26. The van der Waals surface area contributed by atoms with Crippen LogP contribution in [0.4, 0.5) is 0 Å². The van der Waals surface area contributed by atoms with Crippen molar-refractivity contribution in [1.29, 1.82) is 0 Å². The van der Waals surface area contributed by atoms with E-state index in [1.807, 2.05) is 11.3 Å². The van der Waals surface area contributed by atoms with Gasteiger partial charge in [-0.25, -0.2) is 0 Å². The molecule has 0 amide bonds. The van der Waals surface area contributed by atoms with Gasteiger partial charge >= 0.3 is 0 Å². The molecule has 0 saturated heterocycles. The topological polar surface area (TPSA) is 0 Å². The maximum Gasteiger partial charge on any atom is 0.0487 e. The normalized spacial score (nSPS) is 10.8. The van der Waals surface area contributed by atoms with Gasteiger partial charge in [-0.1, -0.05) is 19.1 Å². The van der Waals surface area contributed by atoms with E-state index in [1.165, 1.54) is 19.4 Å². The summed E-state index contributed by atoms with van der Waals surface area (Å²) in [5.74, 6) is 0. The van der Waals surface area contributed by atoms with Crippen LogP contribution in [0.2, 0.25) is 0 Å². The molecule has 0 N–H and O–H groups in total. The molecule has 2 heteroatoms. The van der Waals surface area contributed by atoms with Crippen LogP contribution >= 0.6 is 27.3 Å². The molecule has 0 bridgehead atoms. The smallest absolute Gasteiger partial charge is 0.0487 e. The van der Waals surface area contributed by atoms with Gasteiger partial charge in [0.2, 0.25) is 0 Å². The predicted octanol–water partition coefficient (Wildman–Crippen LogP) is 4.23. The van der Waals surface area contributed by atoms with E-state index in [2.05, 4.69) is 47.1 Å². The summed E-state index contributed by atoms with van der Waals surface area (Å²) in [7, 11) is 0. The molecule has 0 aliphatic carbocycles. The fourth-order valence-corrected chi connectivity index (χ4v) is 2.88. The van der Waals surface area contributed by atoms with Gasteiger partial charge in [0.1, 0.15) is 0 Å². The largest absolute Gasteiger partial charge is 0.139 e. The van der Waals surface area contributed by atoms with Gasteiger partial charge in [-0.15, -0.1) is 11.3 Å². The second-order valence-corrected chi connectivity index (χ2v) is 4.72. The Kier molecular flexibility index (Phi) is 2.20. The predicted molar refractivity (Wildman–Crippen MR) is 58.9 cm³/mol. The molecule has 0 fully saturated rings. The first-order valence-electron chi connectivity index (χ1n) is 3.98. The van der Waals surface area contributed by atoms with E-state index in [0.29, 0.717) is 0 Å². The van der Waals surface area contributed by atoms with Crippen LogP contribution in [0, 0.1) is 0 Å². The van der Waals surface area contributed by atoms with Crippen LogP contribution in [0.5, 0.6) is 0 Å². The van der Waals surface area contributed by atoms with Gasteiger partial charge < -0.3 is 0 Å². The Balaban J connectivity index is 2.74. The van der Waals surface area contributed by atoms with Crippen molar-refractivity contribution in [1.82, 2.24) is 0 Å². The van der Waals surface area contributed by atoms with Gasteiger partial charge in [0.25, 0.3) is 0 Å². The third-order valence-corrected chi connectivity index (χ3v) is 4.15. The number of rotatable bonds is 1. The summed E-state index contributed by atoms with van der Waals surface area (Å²) in [5.41, 5.74) is 0. The summed E-state index contributed by atoms with van der Waals surface area (Å²) >= 11 is 5.43. The van der Waals surface area contributed by atoms with Crippen molar-refractivity contribution in [3.8, 4) is 0 Å². The maximum absolute atomic E-state index is 3.55. The summed E-state index contributed by atoms with van der Waals surface area (Å²) in [4.78, 5) is 1.46. The number of hydrogen-bond acceptors (Lipinski definition) is 1. The number of aryl methyl sites for hydroxylation is 1. The monoisotopic (exact) mass is 240 g/mol. The SMILES string of the molecule is CCc1cc2cccc(Br)c2s1. The Morgan fingerprint density at radius 1 is 1.42 bits per heavy atom. The average molecular weight is 241 g/mol. The van der Waals surface area contributed by atoms with Gasteiger partial charge in [-0.05, 0) is 39.9 Å². The van der Waals surface area contributed by atoms with Crippen LogP contribution in [-0.4, -0.2) is 0 Å². The number of hydrogen-bond donors (Lipinski definition) is 0. The molecule has 12 heavy (non-hydrogen) atoms. The third-order valence-electron chi connectivity index (χ3n) is 1.90. The summed E-state index contributed by atoms with van der Waals surface area (Å²) in [5, 5.41) is 1.35. The highest BCUT2D eigenvalue weighted by molar-refractivity contribution is 9.10. The summed E-state index contributed by atoms with van der Waals surface area (Å²) in [6, 6.07) is 8.61. The standard InChI is InChI=1S/C10H9BrS/c1-2-8-6-7-4-3-5-9(11)10(7)12-8/h3-6H,2H2,1H3. The molecule has 0 aliphatic heterocycles. The molecular weight excluding hydrogens is 232 g/mol. The molecule has 0 radical (unpaired) electrons. The molecule has 0 aliphatic rings. The Labute approximate surface area is 84.4 Å². The lowest BCUT2D eigenvalue weighted by molar-refractivity contribution is 1.19. The summed E-state index contributed by atoms with van der Waals surface area (Å²) in [6.45, 7) is 2.19. The van der Waals surface area contributed by atoms with Crippen LogP contribution in [0.15, 0.2) is 28.7 Å². The van der Waals surface area contributed by atoms with Crippen LogP contribution in [-0.2, 0) is 6.42 Å². The Bertz CT molecular complexity index is 403. The molecule has 2 rings (SSSR count). The molecule has 0 spiro atoms. The second-order valence-electron chi connectivity index (χ2n) is 2.72. The lowest BCUT2D eigenvalue weighted by Crippen LogP contribution is -1.64. The first-order valence-corrected chi connectivity index (χ1v) is 5.59. The third kappa shape index (κ3) is 1.29. The minimum atomic E-state index is 1.13. The van der Waals surface area contributed by atoms with E-state index in [4.69, 9.17) is 0 Å². The quantitative estimate of drug-likeness (QED) is 0.701. The lowest BCUT2D eigenvalue weighted by Gasteiger charge is -1.89. The van der Waals surface area contributed by atoms with E-state index in [1.54, 1.807) is 0 Å². The molecule has 0 nitrogen and oxygen atoms in total. The molecule has 1 aromatic carbocycles. The average Bonchev–Trinajstić information content (AvgIpc) is 2.49. The Morgan fingerprint density at radius 3 is 2.92 bits per heavy atom. The minimum Gasteiger partial charge on any atom is -0.139 e. The van der Waals surface area contributed by atoms with Gasteiger partial charge in [0.05, 0.1) is 0 Å². The van der Waals surface area contributed by atoms with Crippen molar-refractivity contribution in [2.24, 2.45) is 0 Å². The Morgan fingerprint density at radius 2 is 2.25 bits per heavy atom. The molecule has 62 valence electrons. The molecule has 1 heterocycles. The Hall–Kier alpha value is -0.340. The first-order chi connectivity index (χ1) is 5.81. The molecular formula is C10H9BrS. The van der Waals surface area contributed by atoms with Crippen LogP contribution in [0.25, 0.3) is 10.1 Å². The van der Waals surface area contributed by atoms with E-state index >= 15 is 0 Å². The molecule has 2 aromatic rings. The summed E-state index contributed by atoms with van der Waals surface area (Å²) < 4.78 is 2.58.